The molecule has 0 bridgehead atoms. The fourth-order valence-electron chi connectivity index (χ4n) is 2.84. The number of carboxylic acid groups (broad SMARTS) is 2. The number of aromatic nitrogens is 2. The first-order chi connectivity index (χ1) is 15.5. The van der Waals surface area contributed by atoms with Crippen LogP contribution in [-0.2, 0) is 30.4 Å². The van der Waals surface area contributed by atoms with E-state index in [0.717, 1.165) is 0 Å². The number of imidazole rings is 1. The lowest BCUT2D eigenvalue weighted by atomic mass is 9.97. The summed E-state index contributed by atoms with van der Waals surface area (Å²) >= 11 is 0. The lowest BCUT2D eigenvalue weighted by Gasteiger charge is -2.27. The molecule has 3 amide bonds. The molecule has 8 N–H and O–H groups in total. The summed E-state index contributed by atoms with van der Waals surface area (Å²) in [5.41, 5.74) is 6.27. The molecule has 0 aliphatic rings. The van der Waals surface area contributed by atoms with E-state index in [-0.39, 0.29) is 25.2 Å². The SMILES string of the molecule is CCC(C)C(NC(=O)C(N)CCC(=O)O)C(=O)NC(Cc1cnc[nH]1)C(=O)NC(C)C(=O)O. The average Bonchev–Trinajstić information content (AvgIpc) is 3.27. The number of nitrogens with one attached hydrogen (secondary N) is 4. The number of hydrogen-bond acceptors (Lipinski definition) is 7. The number of amides is 3. The molecule has 0 aliphatic carbocycles. The molecule has 0 saturated carbocycles. The van der Waals surface area contributed by atoms with Crippen molar-refractivity contribution in [2.45, 2.75) is 70.6 Å². The highest BCUT2D eigenvalue weighted by Crippen LogP contribution is 2.10. The van der Waals surface area contributed by atoms with Crippen molar-refractivity contribution in [3.63, 3.8) is 0 Å². The van der Waals surface area contributed by atoms with E-state index in [9.17, 15) is 24.0 Å². The molecule has 0 aromatic carbocycles. The lowest BCUT2D eigenvalue weighted by Crippen LogP contribution is -2.59. The Kier molecular flexibility index (Phi) is 11.0. The second-order valence-electron chi connectivity index (χ2n) is 7.82. The first-order valence-electron chi connectivity index (χ1n) is 10.5. The van der Waals surface area contributed by atoms with Gasteiger partial charge in [0.1, 0.15) is 18.1 Å². The van der Waals surface area contributed by atoms with Crippen LogP contribution in [-0.4, -0.2) is 74.0 Å². The maximum Gasteiger partial charge on any atom is 0.325 e. The third-order valence-electron chi connectivity index (χ3n) is 5.14. The fraction of sp³-hybridized carbons (Fsp3) is 0.600. The van der Waals surface area contributed by atoms with Gasteiger partial charge in [-0.3, -0.25) is 24.0 Å². The number of nitrogens with two attached hydrogens (primary N) is 1. The minimum Gasteiger partial charge on any atom is -0.481 e. The summed E-state index contributed by atoms with van der Waals surface area (Å²) in [4.78, 5) is 66.6. The van der Waals surface area contributed by atoms with Gasteiger partial charge >= 0.3 is 11.9 Å². The maximum atomic E-state index is 13.0. The van der Waals surface area contributed by atoms with Crippen LogP contribution >= 0.6 is 0 Å². The van der Waals surface area contributed by atoms with E-state index in [2.05, 4.69) is 25.9 Å². The topological polar surface area (TPSA) is 217 Å². The zero-order valence-corrected chi connectivity index (χ0v) is 18.8. The largest absolute Gasteiger partial charge is 0.481 e. The quantitative estimate of drug-likeness (QED) is 0.173. The molecule has 5 atom stereocenters. The van der Waals surface area contributed by atoms with Crippen molar-refractivity contribution in [2.24, 2.45) is 11.7 Å². The van der Waals surface area contributed by atoms with Crippen LogP contribution in [0.15, 0.2) is 12.5 Å². The molecule has 13 heteroatoms. The summed E-state index contributed by atoms with van der Waals surface area (Å²) in [6, 6.07) is -4.51. The zero-order chi connectivity index (χ0) is 25.1. The van der Waals surface area contributed by atoms with Crippen LogP contribution in [0.1, 0.15) is 45.7 Å². The highest BCUT2D eigenvalue weighted by atomic mass is 16.4. The van der Waals surface area contributed by atoms with Crippen LogP contribution in [0.2, 0.25) is 0 Å². The van der Waals surface area contributed by atoms with E-state index < -0.39 is 53.8 Å². The van der Waals surface area contributed by atoms with E-state index in [1.807, 2.05) is 6.92 Å². The number of H-pyrrole nitrogens is 1. The Bertz CT molecular complexity index is 829. The standard InChI is InChI=1S/C20H32N6O7/c1-4-10(2)16(26-17(29)13(21)5-6-15(27)28)19(31)25-14(7-12-8-22-9-23-12)18(30)24-11(3)20(32)33/h8-11,13-14,16H,4-7,21H2,1-3H3,(H,22,23)(H,24,30)(H,25,31)(H,26,29)(H,27,28)(H,32,33). The maximum absolute atomic E-state index is 13.0. The number of rotatable bonds is 14. The Labute approximate surface area is 190 Å². The number of aromatic amines is 1. The van der Waals surface area contributed by atoms with Crippen LogP contribution in [0.4, 0.5) is 0 Å². The Hall–Kier alpha value is -3.48. The van der Waals surface area contributed by atoms with Crippen molar-refractivity contribution in [2.75, 3.05) is 0 Å². The zero-order valence-electron chi connectivity index (χ0n) is 18.8. The van der Waals surface area contributed by atoms with Gasteiger partial charge in [-0.1, -0.05) is 20.3 Å². The van der Waals surface area contributed by atoms with Gasteiger partial charge in [-0.05, 0) is 19.3 Å². The highest BCUT2D eigenvalue weighted by Gasteiger charge is 2.32. The van der Waals surface area contributed by atoms with Gasteiger partial charge in [0.2, 0.25) is 17.7 Å². The Morgan fingerprint density at radius 1 is 1.06 bits per heavy atom. The molecule has 1 heterocycles. The summed E-state index contributed by atoms with van der Waals surface area (Å²) in [7, 11) is 0. The average molecular weight is 469 g/mol. The molecule has 33 heavy (non-hydrogen) atoms. The Morgan fingerprint density at radius 3 is 2.24 bits per heavy atom. The third kappa shape index (κ3) is 9.27. The number of carbonyl (C=O) groups excluding carboxylic acids is 3. The first-order valence-corrected chi connectivity index (χ1v) is 10.5. The van der Waals surface area contributed by atoms with E-state index in [4.69, 9.17) is 15.9 Å². The number of aliphatic carboxylic acids is 2. The molecule has 1 aromatic rings. The molecular weight excluding hydrogens is 436 g/mol. The Balaban J connectivity index is 2.99. The predicted molar refractivity (Wildman–Crippen MR) is 116 cm³/mol. The smallest absolute Gasteiger partial charge is 0.325 e. The number of hydrogen-bond donors (Lipinski definition) is 7. The van der Waals surface area contributed by atoms with Gasteiger partial charge in [-0.25, -0.2) is 4.98 Å². The van der Waals surface area contributed by atoms with Gasteiger partial charge in [0.25, 0.3) is 0 Å². The molecule has 0 aliphatic heterocycles. The summed E-state index contributed by atoms with van der Waals surface area (Å²) in [5.74, 6) is -4.75. The molecule has 1 rings (SSSR count). The van der Waals surface area contributed by atoms with E-state index in [1.165, 1.54) is 19.4 Å². The molecule has 0 spiro atoms. The second-order valence-corrected chi connectivity index (χ2v) is 7.82. The summed E-state index contributed by atoms with van der Waals surface area (Å²) < 4.78 is 0. The van der Waals surface area contributed by atoms with E-state index >= 15 is 0 Å². The van der Waals surface area contributed by atoms with Crippen molar-refractivity contribution in [3.05, 3.63) is 18.2 Å². The van der Waals surface area contributed by atoms with Crippen LogP contribution in [0.3, 0.4) is 0 Å². The molecule has 184 valence electrons. The summed E-state index contributed by atoms with van der Waals surface area (Å²) in [6.07, 6.45) is 2.96. The van der Waals surface area contributed by atoms with Crippen molar-refractivity contribution in [3.8, 4) is 0 Å². The van der Waals surface area contributed by atoms with Crippen LogP contribution < -0.4 is 21.7 Å². The predicted octanol–water partition coefficient (Wildman–Crippen LogP) is -1.25. The number of nitrogens with zero attached hydrogens (tertiary/aromatic N) is 1. The first kappa shape index (κ1) is 27.6. The van der Waals surface area contributed by atoms with E-state index in [1.54, 1.807) is 6.92 Å². The molecule has 1 aromatic heterocycles. The van der Waals surface area contributed by atoms with Gasteiger partial charge in [0, 0.05) is 24.7 Å². The van der Waals surface area contributed by atoms with Gasteiger partial charge in [-0.2, -0.15) is 0 Å². The number of carbonyl (C=O) groups is 5. The van der Waals surface area contributed by atoms with Crippen LogP contribution in [0.5, 0.6) is 0 Å². The molecule has 13 nitrogen and oxygen atoms in total. The lowest BCUT2D eigenvalue weighted by molar-refractivity contribution is -0.142. The number of carboxylic acids is 2. The van der Waals surface area contributed by atoms with Crippen LogP contribution in [0.25, 0.3) is 0 Å². The minimum atomic E-state index is -1.24. The minimum absolute atomic E-state index is 0.00318. The monoisotopic (exact) mass is 468 g/mol. The Morgan fingerprint density at radius 2 is 1.73 bits per heavy atom. The third-order valence-corrected chi connectivity index (χ3v) is 5.14. The summed E-state index contributed by atoms with van der Waals surface area (Å²) in [6.45, 7) is 4.82. The van der Waals surface area contributed by atoms with Gasteiger partial charge in [0.05, 0.1) is 12.4 Å². The molecule has 0 fully saturated rings. The van der Waals surface area contributed by atoms with Crippen molar-refractivity contribution in [1.82, 2.24) is 25.9 Å². The fourth-order valence-corrected chi connectivity index (χ4v) is 2.84. The van der Waals surface area contributed by atoms with Crippen molar-refractivity contribution >= 4 is 29.7 Å². The normalized spacial score (nSPS) is 15.4. The highest BCUT2D eigenvalue weighted by molar-refractivity contribution is 5.94. The molecule has 5 unspecified atom stereocenters. The van der Waals surface area contributed by atoms with Gasteiger partial charge < -0.3 is 36.9 Å². The summed E-state index contributed by atoms with van der Waals surface area (Å²) in [5, 5.41) is 25.2. The molecular formula is C20H32N6O7. The molecule has 0 radical (unpaired) electrons. The van der Waals surface area contributed by atoms with Gasteiger partial charge in [-0.15, -0.1) is 0 Å². The van der Waals surface area contributed by atoms with Crippen LogP contribution in [0, 0.1) is 5.92 Å². The van der Waals surface area contributed by atoms with Crippen molar-refractivity contribution < 1.29 is 34.2 Å². The van der Waals surface area contributed by atoms with Gasteiger partial charge in [0.15, 0.2) is 0 Å². The van der Waals surface area contributed by atoms with E-state index in [0.29, 0.717) is 12.1 Å². The second kappa shape index (κ2) is 13.2. The molecule has 0 saturated heterocycles. The van der Waals surface area contributed by atoms with Crippen molar-refractivity contribution in [1.29, 1.82) is 0 Å².